The van der Waals surface area contributed by atoms with Gasteiger partial charge in [-0.25, -0.2) is 17.6 Å². The summed E-state index contributed by atoms with van der Waals surface area (Å²) in [5, 5.41) is 0. The van der Waals surface area contributed by atoms with E-state index in [0.29, 0.717) is 18.1 Å². The van der Waals surface area contributed by atoms with E-state index >= 15 is 0 Å². The van der Waals surface area contributed by atoms with E-state index in [9.17, 15) is 17.6 Å². The molecule has 0 radical (unpaired) electrons. The van der Waals surface area contributed by atoms with Gasteiger partial charge in [-0.3, -0.25) is 0 Å². The van der Waals surface area contributed by atoms with E-state index in [0.717, 1.165) is 12.1 Å². The van der Waals surface area contributed by atoms with Gasteiger partial charge in [0.1, 0.15) is 11.6 Å². The van der Waals surface area contributed by atoms with E-state index in [1.807, 2.05) is 0 Å². The van der Waals surface area contributed by atoms with Crippen LogP contribution in [0.3, 0.4) is 0 Å². The average Bonchev–Trinajstić information content (AvgIpc) is 2.26. The first kappa shape index (κ1) is 16.2. The quantitative estimate of drug-likeness (QED) is 0.497. The van der Waals surface area contributed by atoms with Gasteiger partial charge < -0.3 is 0 Å². The molecule has 0 aromatic heterocycles. The lowest BCUT2D eigenvalue weighted by Crippen LogP contribution is -2.08. The van der Waals surface area contributed by atoms with Crippen molar-refractivity contribution in [2.24, 2.45) is 0 Å². The van der Waals surface area contributed by atoms with Crippen molar-refractivity contribution < 1.29 is 17.6 Å². The number of benzene rings is 1. The SMILES string of the molecule is C=C(F)/C=C(\C=C/C)Cc1cc(F)cc(C(C)(F)F)c1. The number of halogens is 4. The smallest absolute Gasteiger partial charge is 0.208 e. The first-order chi connectivity index (χ1) is 9.22. The highest BCUT2D eigenvalue weighted by molar-refractivity contribution is 5.35. The molecule has 0 atom stereocenters. The molecule has 0 nitrogen and oxygen atoms in total. The van der Waals surface area contributed by atoms with Gasteiger partial charge in [0, 0.05) is 12.5 Å². The fraction of sp³-hybridized carbons (Fsp3) is 0.250. The molecule has 4 heteroatoms. The number of alkyl halides is 2. The van der Waals surface area contributed by atoms with Crippen molar-refractivity contribution in [2.45, 2.75) is 26.2 Å². The van der Waals surface area contributed by atoms with Crippen molar-refractivity contribution in [3.63, 3.8) is 0 Å². The zero-order chi connectivity index (χ0) is 15.3. The summed E-state index contributed by atoms with van der Waals surface area (Å²) in [4.78, 5) is 0. The lowest BCUT2D eigenvalue weighted by atomic mass is 9.99. The Hall–Kier alpha value is -1.84. The average molecular weight is 284 g/mol. The van der Waals surface area contributed by atoms with Crippen molar-refractivity contribution in [1.29, 1.82) is 0 Å². The second-order valence-electron chi connectivity index (χ2n) is 4.58. The molecule has 0 unspecified atom stereocenters. The van der Waals surface area contributed by atoms with Gasteiger partial charge in [-0.2, -0.15) is 0 Å². The fourth-order valence-electron chi connectivity index (χ4n) is 1.81. The van der Waals surface area contributed by atoms with Crippen molar-refractivity contribution in [3.8, 4) is 0 Å². The van der Waals surface area contributed by atoms with Crippen LogP contribution in [-0.2, 0) is 12.3 Å². The molecule has 108 valence electrons. The van der Waals surface area contributed by atoms with Gasteiger partial charge >= 0.3 is 0 Å². The van der Waals surface area contributed by atoms with Crippen LogP contribution in [0.5, 0.6) is 0 Å². The van der Waals surface area contributed by atoms with Crippen LogP contribution in [0, 0.1) is 5.82 Å². The normalized spacial score (nSPS) is 13.0. The molecular formula is C16H16F4. The standard InChI is InChI=1S/C16H16F4/c1-4-5-12(6-11(2)17)7-13-8-14(16(3,19)20)10-15(18)9-13/h4-6,8-10H,2,7H2,1,3H3/b5-4-,12-6+. The summed E-state index contributed by atoms with van der Waals surface area (Å²) < 4.78 is 52.7. The highest BCUT2D eigenvalue weighted by Crippen LogP contribution is 2.29. The van der Waals surface area contributed by atoms with E-state index in [-0.39, 0.29) is 6.42 Å². The summed E-state index contributed by atoms with van der Waals surface area (Å²) in [5.74, 6) is -4.50. The van der Waals surface area contributed by atoms with Crippen LogP contribution >= 0.6 is 0 Å². The molecular weight excluding hydrogens is 268 g/mol. The van der Waals surface area contributed by atoms with Crippen LogP contribution in [0.1, 0.15) is 25.0 Å². The van der Waals surface area contributed by atoms with Crippen molar-refractivity contribution in [1.82, 2.24) is 0 Å². The third-order valence-corrected chi connectivity index (χ3v) is 2.60. The maximum atomic E-state index is 13.4. The Balaban J connectivity index is 3.14. The second-order valence-corrected chi connectivity index (χ2v) is 4.58. The molecule has 0 heterocycles. The molecule has 0 aliphatic carbocycles. The number of hydrogen-bond donors (Lipinski definition) is 0. The lowest BCUT2D eigenvalue weighted by molar-refractivity contribution is 0.0171. The van der Waals surface area contributed by atoms with Crippen LogP contribution in [-0.4, -0.2) is 0 Å². The summed E-state index contributed by atoms with van der Waals surface area (Å²) in [7, 11) is 0. The Kier molecular flexibility index (Phi) is 5.31. The van der Waals surface area contributed by atoms with Crippen molar-refractivity contribution in [2.75, 3.05) is 0 Å². The Labute approximate surface area is 116 Å². The molecule has 0 N–H and O–H groups in total. The van der Waals surface area contributed by atoms with Crippen molar-refractivity contribution >= 4 is 0 Å². The minimum atomic E-state index is -3.12. The highest BCUT2D eigenvalue weighted by Gasteiger charge is 2.25. The summed E-state index contributed by atoms with van der Waals surface area (Å²) in [6, 6.07) is 3.19. The number of rotatable bonds is 5. The molecule has 0 spiro atoms. The number of hydrogen-bond acceptors (Lipinski definition) is 0. The Morgan fingerprint density at radius 1 is 1.30 bits per heavy atom. The molecule has 0 bridgehead atoms. The molecule has 1 aromatic rings. The molecule has 0 aliphatic heterocycles. The van der Waals surface area contributed by atoms with Crippen molar-refractivity contribution in [3.05, 3.63) is 71.4 Å². The third kappa shape index (κ3) is 5.03. The van der Waals surface area contributed by atoms with Crippen LogP contribution in [0.4, 0.5) is 17.6 Å². The van der Waals surface area contributed by atoms with E-state index in [4.69, 9.17) is 0 Å². The van der Waals surface area contributed by atoms with Gasteiger partial charge in [-0.05, 0) is 48.8 Å². The molecule has 0 aliphatic rings. The van der Waals surface area contributed by atoms with Crippen LogP contribution in [0.2, 0.25) is 0 Å². The Bertz CT molecular complexity index is 548. The zero-order valence-electron chi connectivity index (χ0n) is 11.4. The van der Waals surface area contributed by atoms with E-state index in [1.165, 1.54) is 12.1 Å². The summed E-state index contributed by atoms with van der Waals surface area (Å²) >= 11 is 0. The molecule has 0 amide bonds. The molecule has 1 rings (SSSR count). The maximum Gasteiger partial charge on any atom is 0.270 e. The second kappa shape index (κ2) is 6.55. The van der Waals surface area contributed by atoms with Gasteiger partial charge in [0.05, 0.1) is 0 Å². The number of allylic oxidation sites excluding steroid dienone is 5. The first-order valence-corrected chi connectivity index (χ1v) is 6.08. The van der Waals surface area contributed by atoms with Gasteiger partial charge in [0.2, 0.25) is 0 Å². The van der Waals surface area contributed by atoms with E-state index in [2.05, 4.69) is 6.58 Å². The molecule has 0 saturated carbocycles. The summed E-state index contributed by atoms with van der Waals surface area (Å²) in [5.41, 5.74) is 0.481. The minimum absolute atomic E-state index is 0.147. The molecule has 0 fully saturated rings. The van der Waals surface area contributed by atoms with Crippen LogP contribution in [0.15, 0.2) is 54.4 Å². The van der Waals surface area contributed by atoms with Gasteiger partial charge in [-0.1, -0.05) is 18.7 Å². The molecule has 1 aromatic carbocycles. The van der Waals surface area contributed by atoms with Crippen LogP contribution in [0.25, 0.3) is 0 Å². The predicted molar refractivity (Wildman–Crippen MR) is 72.8 cm³/mol. The predicted octanol–water partition coefficient (Wildman–Crippen LogP) is 5.47. The van der Waals surface area contributed by atoms with E-state index < -0.39 is 23.1 Å². The topological polar surface area (TPSA) is 0 Å². The summed E-state index contributed by atoms with van der Waals surface area (Å²) in [6.45, 7) is 5.57. The Morgan fingerprint density at radius 3 is 2.45 bits per heavy atom. The van der Waals surface area contributed by atoms with Gasteiger partial charge in [0.15, 0.2) is 0 Å². The summed E-state index contributed by atoms with van der Waals surface area (Å²) in [6.07, 6.45) is 4.64. The third-order valence-electron chi connectivity index (χ3n) is 2.60. The fourth-order valence-corrected chi connectivity index (χ4v) is 1.81. The Morgan fingerprint density at radius 2 is 1.95 bits per heavy atom. The van der Waals surface area contributed by atoms with Crippen LogP contribution < -0.4 is 0 Å². The largest absolute Gasteiger partial charge is 0.270 e. The monoisotopic (exact) mass is 284 g/mol. The maximum absolute atomic E-state index is 13.4. The van der Waals surface area contributed by atoms with Gasteiger partial charge in [-0.15, -0.1) is 0 Å². The highest BCUT2D eigenvalue weighted by atomic mass is 19.3. The lowest BCUT2D eigenvalue weighted by Gasteiger charge is -2.13. The molecule has 0 saturated heterocycles. The minimum Gasteiger partial charge on any atom is -0.208 e. The molecule has 20 heavy (non-hydrogen) atoms. The van der Waals surface area contributed by atoms with Gasteiger partial charge in [0.25, 0.3) is 5.92 Å². The first-order valence-electron chi connectivity index (χ1n) is 6.08. The zero-order valence-corrected chi connectivity index (χ0v) is 11.4. The van der Waals surface area contributed by atoms with E-state index in [1.54, 1.807) is 19.1 Å².